The molecular formula is C14H12FNO2Se. The van der Waals surface area contributed by atoms with Crippen LogP contribution < -0.4 is 5.32 Å². The molecule has 1 aliphatic rings. The number of amides is 1. The van der Waals surface area contributed by atoms with Crippen molar-refractivity contribution < 1.29 is 14.3 Å². The summed E-state index contributed by atoms with van der Waals surface area (Å²) in [4.78, 5) is 12.0. The van der Waals surface area contributed by atoms with Crippen molar-refractivity contribution in [3.05, 3.63) is 50.6 Å². The second-order valence-corrected chi connectivity index (χ2v) is 7.13. The molecule has 2 heterocycles. The summed E-state index contributed by atoms with van der Waals surface area (Å²) in [6, 6.07) is 8.27. The van der Waals surface area contributed by atoms with Gasteiger partial charge in [-0.05, 0) is 0 Å². The summed E-state index contributed by atoms with van der Waals surface area (Å²) >= 11 is 0.116. The van der Waals surface area contributed by atoms with E-state index in [0.717, 1.165) is 14.4 Å². The number of carbonyl (C=O) groups excluding carboxylic acids is 1. The van der Waals surface area contributed by atoms with Crippen LogP contribution in [0.4, 0.5) is 10.1 Å². The van der Waals surface area contributed by atoms with Crippen LogP contribution in [-0.2, 0) is 17.8 Å². The fourth-order valence-corrected chi connectivity index (χ4v) is 4.26. The number of fused-ring (bicyclic) bond motifs is 1. The SMILES string of the molecule is O=C1Nc2ccc(F)cc2C1Cc1ccc(CO)[se]1. The number of rotatable bonds is 3. The Labute approximate surface area is 115 Å². The molecular weight excluding hydrogens is 312 g/mol. The first-order valence-corrected chi connectivity index (χ1v) is 7.67. The second-order valence-electron chi connectivity index (χ2n) is 4.50. The van der Waals surface area contributed by atoms with Gasteiger partial charge in [-0.3, -0.25) is 0 Å². The second kappa shape index (κ2) is 4.93. The zero-order valence-corrected chi connectivity index (χ0v) is 11.7. The zero-order valence-electron chi connectivity index (χ0n) is 10.0. The summed E-state index contributed by atoms with van der Waals surface area (Å²) in [5.41, 5.74) is 1.44. The molecule has 0 saturated carbocycles. The minimum atomic E-state index is -0.319. The Bertz CT molecular complexity index is 638. The molecule has 2 aromatic rings. The van der Waals surface area contributed by atoms with Crippen molar-refractivity contribution in [3.8, 4) is 0 Å². The molecule has 5 heteroatoms. The van der Waals surface area contributed by atoms with Crippen molar-refractivity contribution >= 4 is 26.1 Å². The summed E-state index contributed by atoms with van der Waals surface area (Å²) in [7, 11) is 0. The van der Waals surface area contributed by atoms with Gasteiger partial charge in [0.2, 0.25) is 0 Å². The normalized spacial score (nSPS) is 17.4. The number of hydrogen-bond acceptors (Lipinski definition) is 2. The number of aliphatic hydroxyl groups excluding tert-OH is 1. The third kappa shape index (κ3) is 2.37. The van der Waals surface area contributed by atoms with Crippen LogP contribution in [-0.4, -0.2) is 25.5 Å². The molecule has 0 bridgehead atoms. The van der Waals surface area contributed by atoms with E-state index < -0.39 is 0 Å². The van der Waals surface area contributed by atoms with Gasteiger partial charge in [-0.2, -0.15) is 0 Å². The number of carbonyl (C=O) groups is 1. The third-order valence-electron chi connectivity index (χ3n) is 3.24. The monoisotopic (exact) mass is 325 g/mol. The number of hydrogen-bond donors (Lipinski definition) is 2. The molecule has 0 radical (unpaired) electrons. The molecule has 0 spiro atoms. The third-order valence-corrected chi connectivity index (χ3v) is 5.53. The van der Waals surface area contributed by atoms with Crippen molar-refractivity contribution in [1.82, 2.24) is 0 Å². The molecule has 2 N–H and O–H groups in total. The van der Waals surface area contributed by atoms with Crippen LogP contribution in [0.2, 0.25) is 0 Å². The van der Waals surface area contributed by atoms with E-state index >= 15 is 0 Å². The number of aliphatic hydroxyl groups is 1. The quantitative estimate of drug-likeness (QED) is 0.844. The predicted octanol–water partition coefficient (Wildman–Crippen LogP) is 1.65. The fourth-order valence-electron chi connectivity index (χ4n) is 2.32. The Morgan fingerprint density at radius 3 is 2.79 bits per heavy atom. The van der Waals surface area contributed by atoms with E-state index in [0.29, 0.717) is 12.1 Å². The van der Waals surface area contributed by atoms with E-state index in [9.17, 15) is 9.18 Å². The van der Waals surface area contributed by atoms with Gasteiger partial charge in [0.15, 0.2) is 0 Å². The van der Waals surface area contributed by atoms with E-state index in [-0.39, 0.29) is 38.8 Å². The Balaban J connectivity index is 1.89. The van der Waals surface area contributed by atoms with Gasteiger partial charge in [0, 0.05) is 0 Å². The average molecular weight is 324 g/mol. The van der Waals surface area contributed by atoms with E-state index in [4.69, 9.17) is 5.11 Å². The number of halogens is 1. The van der Waals surface area contributed by atoms with Crippen molar-refractivity contribution in [3.63, 3.8) is 0 Å². The maximum absolute atomic E-state index is 13.3. The number of nitrogens with one attached hydrogen (secondary N) is 1. The summed E-state index contributed by atoms with van der Waals surface area (Å²) in [5.74, 6) is -0.708. The summed E-state index contributed by atoms with van der Waals surface area (Å²) < 4.78 is 15.5. The molecule has 0 fully saturated rings. The topological polar surface area (TPSA) is 49.3 Å². The standard InChI is InChI=1S/C14H12FNO2Se/c15-8-1-4-13-11(5-8)12(14(18)16-13)6-9-2-3-10(7-17)19-9/h1-5,12,17H,6-7H2,(H,16,18). The van der Waals surface area contributed by atoms with Crippen molar-refractivity contribution in [2.24, 2.45) is 0 Å². The van der Waals surface area contributed by atoms with Gasteiger partial charge in [-0.25, -0.2) is 0 Å². The van der Waals surface area contributed by atoms with Crippen LogP contribution in [0.15, 0.2) is 30.3 Å². The molecule has 3 rings (SSSR count). The van der Waals surface area contributed by atoms with E-state index in [1.54, 1.807) is 6.07 Å². The molecule has 98 valence electrons. The van der Waals surface area contributed by atoms with Gasteiger partial charge >= 0.3 is 115 Å². The predicted molar refractivity (Wildman–Crippen MR) is 70.8 cm³/mol. The molecule has 19 heavy (non-hydrogen) atoms. The minimum absolute atomic E-state index is 0.0715. The first-order chi connectivity index (χ1) is 9.17. The van der Waals surface area contributed by atoms with Crippen LogP contribution >= 0.6 is 0 Å². The van der Waals surface area contributed by atoms with Gasteiger partial charge in [-0.15, -0.1) is 0 Å². The molecule has 0 aliphatic carbocycles. The van der Waals surface area contributed by atoms with Gasteiger partial charge in [0.25, 0.3) is 0 Å². The number of anilines is 1. The van der Waals surface area contributed by atoms with Gasteiger partial charge in [0.1, 0.15) is 0 Å². The van der Waals surface area contributed by atoms with Crippen LogP contribution in [0.25, 0.3) is 0 Å². The summed E-state index contributed by atoms with van der Waals surface area (Å²) in [5, 5.41) is 11.9. The van der Waals surface area contributed by atoms with E-state index in [2.05, 4.69) is 5.32 Å². The molecule has 0 saturated heterocycles. The zero-order chi connectivity index (χ0) is 13.4. The first-order valence-electron chi connectivity index (χ1n) is 5.96. The molecule has 1 amide bonds. The maximum atomic E-state index is 13.3. The number of benzene rings is 1. The van der Waals surface area contributed by atoms with Crippen LogP contribution in [0, 0.1) is 5.82 Å². The molecule has 1 aliphatic heterocycles. The van der Waals surface area contributed by atoms with E-state index in [1.165, 1.54) is 12.1 Å². The molecule has 3 nitrogen and oxygen atoms in total. The van der Waals surface area contributed by atoms with Crippen molar-refractivity contribution in [1.29, 1.82) is 0 Å². The molecule has 1 aromatic carbocycles. The van der Waals surface area contributed by atoms with Gasteiger partial charge in [0.05, 0.1) is 0 Å². The Morgan fingerprint density at radius 1 is 1.26 bits per heavy atom. The van der Waals surface area contributed by atoms with Crippen molar-refractivity contribution in [2.75, 3.05) is 5.32 Å². The van der Waals surface area contributed by atoms with Crippen molar-refractivity contribution in [2.45, 2.75) is 18.9 Å². The first kappa shape index (κ1) is 12.6. The summed E-state index contributed by atoms with van der Waals surface area (Å²) in [6.45, 7) is 0.0715. The Morgan fingerprint density at radius 2 is 2.05 bits per heavy atom. The fraction of sp³-hybridized carbons (Fsp3) is 0.214. The van der Waals surface area contributed by atoms with Crippen LogP contribution in [0.3, 0.4) is 0 Å². The van der Waals surface area contributed by atoms with Crippen LogP contribution in [0.1, 0.15) is 20.4 Å². The van der Waals surface area contributed by atoms with Gasteiger partial charge in [-0.1, -0.05) is 0 Å². The Kier molecular flexibility index (Phi) is 3.27. The molecule has 1 unspecified atom stereocenters. The van der Waals surface area contributed by atoms with E-state index in [1.807, 2.05) is 12.1 Å². The molecule has 1 atom stereocenters. The Hall–Kier alpha value is -1.42. The van der Waals surface area contributed by atoms with Gasteiger partial charge < -0.3 is 0 Å². The summed E-state index contributed by atoms with van der Waals surface area (Å²) in [6.07, 6.45) is 0.599. The average Bonchev–Trinajstić information content (AvgIpc) is 2.96. The van der Waals surface area contributed by atoms with Crippen LogP contribution in [0.5, 0.6) is 0 Å². The molecule has 1 aromatic heterocycles.